The Morgan fingerprint density at radius 2 is 1.97 bits per heavy atom. The third-order valence-electron chi connectivity index (χ3n) is 6.82. The number of aromatic nitrogens is 5. The molecular formula is C25H33N7O2. The Morgan fingerprint density at radius 3 is 2.71 bits per heavy atom. The predicted molar refractivity (Wildman–Crippen MR) is 130 cm³/mol. The van der Waals surface area contributed by atoms with Crippen LogP contribution in [0.5, 0.6) is 5.75 Å². The molecule has 2 aliphatic rings. The van der Waals surface area contributed by atoms with Gasteiger partial charge in [0.25, 0.3) is 0 Å². The molecule has 0 spiro atoms. The fourth-order valence-corrected chi connectivity index (χ4v) is 4.83. The summed E-state index contributed by atoms with van der Waals surface area (Å²) in [5.41, 5.74) is 3.15. The fourth-order valence-electron chi connectivity index (χ4n) is 4.83. The molecule has 34 heavy (non-hydrogen) atoms. The molecule has 0 atom stereocenters. The summed E-state index contributed by atoms with van der Waals surface area (Å²) in [6, 6.07) is 6.77. The molecule has 2 aliphatic heterocycles. The van der Waals surface area contributed by atoms with E-state index < -0.39 is 0 Å². The smallest absolute Gasteiger partial charge is 0.236 e. The first-order valence-electron chi connectivity index (χ1n) is 12.1. The molecule has 1 amide bonds. The summed E-state index contributed by atoms with van der Waals surface area (Å²) >= 11 is 0. The lowest BCUT2D eigenvalue weighted by Gasteiger charge is -2.32. The number of imidazole rings is 1. The van der Waals surface area contributed by atoms with Crippen LogP contribution in [0.25, 0.3) is 22.9 Å². The molecule has 9 nitrogen and oxygen atoms in total. The van der Waals surface area contributed by atoms with Crippen molar-refractivity contribution in [2.24, 2.45) is 0 Å². The molecule has 3 aromatic rings. The summed E-state index contributed by atoms with van der Waals surface area (Å²) in [4.78, 5) is 25.4. The first-order valence-corrected chi connectivity index (χ1v) is 12.1. The SMILES string of the molecule is CC(C)n1ncnc1-c1cn2c(n1)-c1ccc(C3CCN(CC(=O)N(C)C)CC3)cc1OCC2. The summed E-state index contributed by atoms with van der Waals surface area (Å²) in [6.07, 6.45) is 5.73. The van der Waals surface area contributed by atoms with Crippen LogP contribution in [-0.4, -0.2) is 80.4 Å². The van der Waals surface area contributed by atoms with Gasteiger partial charge in [-0.2, -0.15) is 5.10 Å². The second-order valence-electron chi connectivity index (χ2n) is 9.71. The minimum atomic E-state index is 0.165. The number of piperidine rings is 1. The van der Waals surface area contributed by atoms with Crippen molar-refractivity contribution in [2.45, 2.75) is 45.2 Å². The highest BCUT2D eigenvalue weighted by Crippen LogP contribution is 2.38. The maximum absolute atomic E-state index is 12.0. The van der Waals surface area contributed by atoms with Gasteiger partial charge in [-0.1, -0.05) is 6.07 Å². The van der Waals surface area contributed by atoms with E-state index in [1.807, 2.05) is 18.8 Å². The second kappa shape index (κ2) is 9.21. The van der Waals surface area contributed by atoms with Crippen molar-refractivity contribution in [3.63, 3.8) is 0 Å². The van der Waals surface area contributed by atoms with E-state index >= 15 is 0 Å². The highest BCUT2D eigenvalue weighted by atomic mass is 16.5. The Kier molecular flexibility index (Phi) is 6.12. The summed E-state index contributed by atoms with van der Waals surface area (Å²) in [6.45, 7) is 7.90. The third-order valence-corrected chi connectivity index (χ3v) is 6.82. The van der Waals surface area contributed by atoms with E-state index in [0.717, 1.165) is 61.1 Å². The van der Waals surface area contributed by atoms with Crippen LogP contribution in [0.4, 0.5) is 0 Å². The van der Waals surface area contributed by atoms with Gasteiger partial charge in [-0.05, 0) is 63.4 Å². The number of hydrogen-bond acceptors (Lipinski definition) is 6. The Bertz CT molecular complexity index is 1170. The lowest BCUT2D eigenvalue weighted by molar-refractivity contribution is -0.130. The standard InChI is InChI=1S/C25H33N7O2/c1-17(2)32-25(26-16-27-32)21-14-31-11-12-34-22-13-19(5-6-20(22)24(31)28-21)18-7-9-30(10-8-18)15-23(33)29(3)4/h5-6,13-14,16-18H,7-12,15H2,1-4H3. The van der Waals surface area contributed by atoms with Crippen LogP contribution < -0.4 is 4.74 Å². The lowest BCUT2D eigenvalue weighted by Crippen LogP contribution is -2.40. The van der Waals surface area contributed by atoms with Crippen LogP contribution in [-0.2, 0) is 11.3 Å². The molecule has 1 fully saturated rings. The van der Waals surface area contributed by atoms with Gasteiger partial charge in [-0.3, -0.25) is 9.69 Å². The lowest BCUT2D eigenvalue weighted by atomic mass is 9.88. The fraction of sp³-hybridized carbons (Fsp3) is 0.520. The molecule has 0 N–H and O–H groups in total. The molecule has 2 aromatic heterocycles. The maximum Gasteiger partial charge on any atom is 0.236 e. The van der Waals surface area contributed by atoms with E-state index in [-0.39, 0.29) is 11.9 Å². The van der Waals surface area contributed by atoms with Gasteiger partial charge < -0.3 is 14.2 Å². The molecule has 0 bridgehead atoms. The van der Waals surface area contributed by atoms with Crippen LogP contribution in [0.1, 0.15) is 44.2 Å². The van der Waals surface area contributed by atoms with E-state index in [2.05, 4.69) is 57.8 Å². The van der Waals surface area contributed by atoms with Gasteiger partial charge in [0.15, 0.2) is 5.82 Å². The maximum atomic E-state index is 12.0. The normalized spacial score (nSPS) is 16.6. The van der Waals surface area contributed by atoms with E-state index in [9.17, 15) is 4.79 Å². The van der Waals surface area contributed by atoms with Crippen LogP contribution in [0, 0.1) is 0 Å². The molecule has 5 rings (SSSR count). The molecule has 0 radical (unpaired) electrons. The van der Waals surface area contributed by atoms with Gasteiger partial charge in [0, 0.05) is 26.3 Å². The predicted octanol–water partition coefficient (Wildman–Crippen LogP) is 3.05. The average Bonchev–Trinajstić information content (AvgIpc) is 3.44. The van der Waals surface area contributed by atoms with Crippen molar-refractivity contribution in [1.82, 2.24) is 34.1 Å². The van der Waals surface area contributed by atoms with Crippen molar-refractivity contribution in [3.8, 4) is 28.7 Å². The zero-order valence-electron chi connectivity index (χ0n) is 20.4. The van der Waals surface area contributed by atoms with Crippen LogP contribution >= 0.6 is 0 Å². The van der Waals surface area contributed by atoms with Crippen molar-refractivity contribution in [1.29, 1.82) is 0 Å². The largest absolute Gasteiger partial charge is 0.491 e. The molecule has 1 aromatic carbocycles. The molecule has 9 heteroatoms. The van der Waals surface area contributed by atoms with Gasteiger partial charge in [0.1, 0.15) is 30.2 Å². The first kappa shape index (κ1) is 22.6. The highest BCUT2D eigenvalue weighted by molar-refractivity contribution is 5.77. The van der Waals surface area contributed by atoms with Gasteiger partial charge in [0.05, 0.1) is 18.7 Å². The summed E-state index contributed by atoms with van der Waals surface area (Å²) in [5, 5.41) is 4.36. The van der Waals surface area contributed by atoms with Crippen LogP contribution in [0.2, 0.25) is 0 Å². The quantitative estimate of drug-likeness (QED) is 0.579. The van der Waals surface area contributed by atoms with E-state index in [0.29, 0.717) is 19.1 Å². The zero-order chi connectivity index (χ0) is 23.8. The zero-order valence-corrected chi connectivity index (χ0v) is 20.4. The summed E-state index contributed by atoms with van der Waals surface area (Å²) in [5.74, 6) is 3.23. The molecule has 0 saturated carbocycles. The van der Waals surface area contributed by atoms with Crippen molar-refractivity contribution >= 4 is 5.91 Å². The molecule has 180 valence electrons. The Labute approximate surface area is 200 Å². The molecular weight excluding hydrogens is 430 g/mol. The minimum absolute atomic E-state index is 0.165. The molecule has 1 saturated heterocycles. The number of amides is 1. The number of benzene rings is 1. The van der Waals surface area contributed by atoms with Gasteiger partial charge >= 0.3 is 0 Å². The molecule has 0 unspecified atom stereocenters. The number of fused-ring (bicyclic) bond motifs is 3. The number of nitrogens with zero attached hydrogens (tertiary/aromatic N) is 7. The third kappa shape index (κ3) is 4.32. The number of ether oxygens (including phenoxy) is 1. The number of hydrogen-bond donors (Lipinski definition) is 0. The minimum Gasteiger partial charge on any atom is -0.491 e. The number of likely N-dealkylation sites (tertiary alicyclic amines) is 1. The summed E-state index contributed by atoms with van der Waals surface area (Å²) in [7, 11) is 3.63. The van der Waals surface area contributed by atoms with Crippen molar-refractivity contribution < 1.29 is 9.53 Å². The van der Waals surface area contributed by atoms with Crippen molar-refractivity contribution in [3.05, 3.63) is 36.3 Å². The second-order valence-corrected chi connectivity index (χ2v) is 9.71. The highest BCUT2D eigenvalue weighted by Gasteiger charge is 2.26. The first-order chi connectivity index (χ1) is 16.4. The Morgan fingerprint density at radius 1 is 1.18 bits per heavy atom. The molecule has 0 aliphatic carbocycles. The van der Waals surface area contributed by atoms with Crippen molar-refractivity contribution in [2.75, 3.05) is 40.3 Å². The van der Waals surface area contributed by atoms with E-state index in [1.165, 1.54) is 5.56 Å². The van der Waals surface area contributed by atoms with Crippen LogP contribution in [0.3, 0.4) is 0 Å². The van der Waals surface area contributed by atoms with Crippen LogP contribution in [0.15, 0.2) is 30.7 Å². The summed E-state index contributed by atoms with van der Waals surface area (Å²) < 4.78 is 10.2. The Hall–Kier alpha value is -3.20. The van der Waals surface area contributed by atoms with Gasteiger partial charge in [0.2, 0.25) is 5.91 Å². The number of carbonyl (C=O) groups is 1. The van der Waals surface area contributed by atoms with Gasteiger partial charge in [-0.15, -0.1) is 0 Å². The van der Waals surface area contributed by atoms with E-state index in [4.69, 9.17) is 9.72 Å². The number of likely N-dealkylation sites (N-methyl/N-ethyl adjacent to an activating group) is 1. The number of rotatable bonds is 5. The molecule has 4 heterocycles. The van der Waals surface area contributed by atoms with E-state index in [1.54, 1.807) is 11.2 Å². The Balaban J connectivity index is 1.36. The monoisotopic (exact) mass is 463 g/mol. The number of carbonyl (C=O) groups excluding carboxylic acids is 1. The average molecular weight is 464 g/mol. The van der Waals surface area contributed by atoms with Gasteiger partial charge in [-0.25, -0.2) is 14.6 Å². The topological polar surface area (TPSA) is 81.3 Å².